The second-order valence-corrected chi connectivity index (χ2v) is 4.10. The van der Waals surface area contributed by atoms with Crippen molar-refractivity contribution >= 4 is 16.9 Å². The molecule has 18 heavy (non-hydrogen) atoms. The van der Waals surface area contributed by atoms with E-state index in [4.69, 9.17) is 9.63 Å². The molecule has 1 aromatic carbocycles. The van der Waals surface area contributed by atoms with Gasteiger partial charge >= 0.3 is 5.97 Å². The lowest BCUT2D eigenvalue weighted by Gasteiger charge is -1.92. The fraction of sp³-hybridized carbons (Fsp3) is 0.0769. The fourth-order valence-corrected chi connectivity index (χ4v) is 1.95. The molecule has 90 valence electrons. The molecule has 2 N–H and O–H groups in total. The van der Waals surface area contributed by atoms with Gasteiger partial charge in [0.25, 0.3) is 0 Å². The zero-order valence-corrected chi connectivity index (χ0v) is 9.60. The van der Waals surface area contributed by atoms with E-state index in [9.17, 15) is 4.79 Å². The van der Waals surface area contributed by atoms with Crippen molar-refractivity contribution in [2.75, 3.05) is 0 Å². The van der Waals surface area contributed by atoms with E-state index in [1.165, 1.54) is 6.07 Å². The van der Waals surface area contributed by atoms with Gasteiger partial charge in [-0.15, -0.1) is 0 Å². The molecule has 0 saturated heterocycles. The van der Waals surface area contributed by atoms with E-state index in [1.54, 1.807) is 0 Å². The highest BCUT2D eigenvalue weighted by atomic mass is 16.5. The van der Waals surface area contributed by atoms with E-state index in [0.29, 0.717) is 5.69 Å². The summed E-state index contributed by atoms with van der Waals surface area (Å²) in [5.74, 6) is -1.29. The summed E-state index contributed by atoms with van der Waals surface area (Å²) in [5.41, 5.74) is 3.38. The number of H-pyrrole nitrogens is 1. The molecule has 2 heterocycles. The van der Waals surface area contributed by atoms with Crippen molar-refractivity contribution in [3.05, 3.63) is 41.7 Å². The Bertz CT molecular complexity index is 740. The number of carboxylic acids is 1. The van der Waals surface area contributed by atoms with Crippen LogP contribution in [0.1, 0.15) is 16.1 Å². The molecule has 0 bridgehead atoms. The molecule has 5 nitrogen and oxygen atoms in total. The second-order valence-electron chi connectivity index (χ2n) is 4.10. The lowest BCUT2D eigenvalue weighted by Crippen LogP contribution is -1.91. The van der Waals surface area contributed by atoms with E-state index in [0.717, 1.165) is 22.2 Å². The van der Waals surface area contributed by atoms with Gasteiger partial charge in [-0.1, -0.05) is 17.3 Å². The molecule has 0 aliphatic carbocycles. The summed E-state index contributed by atoms with van der Waals surface area (Å²) in [5, 5.41) is 13.6. The highest BCUT2D eigenvalue weighted by Gasteiger charge is 2.14. The number of aromatic carboxylic acids is 1. The van der Waals surface area contributed by atoms with Gasteiger partial charge in [0.2, 0.25) is 5.76 Å². The van der Waals surface area contributed by atoms with Crippen LogP contribution in [0.2, 0.25) is 0 Å². The predicted molar refractivity (Wildman–Crippen MR) is 65.5 cm³/mol. The minimum atomic E-state index is -1.12. The summed E-state index contributed by atoms with van der Waals surface area (Å²) in [6, 6.07) is 9.29. The Hall–Kier alpha value is -2.56. The van der Waals surface area contributed by atoms with Crippen LogP contribution in [-0.2, 0) is 0 Å². The van der Waals surface area contributed by atoms with Crippen LogP contribution in [0.3, 0.4) is 0 Å². The zero-order valence-electron chi connectivity index (χ0n) is 9.60. The molecule has 0 aliphatic rings. The summed E-state index contributed by atoms with van der Waals surface area (Å²) in [6.07, 6.45) is 0. The number of rotatable bonds is 2. The molecule has 0 fully saturated rings. The minimum Gasteiger partial charge on any atom is -0.475 e. The predicted octanol–water partition coefficient (Wildman–Crippen LogP) is 2.83. The van der Waals surface area contributed by atoms with Crippen molar-refractivity contribution in [1.29, 1.82) is 0 Å². The van der Waals surface area contributed by atoms with Crippen molar-refractivity contribution in [2.24, 2.45) is 0 Å². The van der Waals surface area contributed by atoms with E-state index in [1.807, 2.05) is 31.2 Å². The first-order valence-corrected chi connectivity index (χ1v) is 5.44. The Labute approximate surface area is 102 Å². The smallest absolute Gasteiger partial charge is 0.374 e. The van der Waals surface area contributed by atoms with Gasteiger partial charge in [0.05, 0.1) is 5.69 Å². The Balaban J connectivity index is 2.13. The molecule has 5 heteroatoms. The Morgan fingerprint density at radius 3 is 2.89 bits per heavy atom. The number of aryl methyl sites for hydroxylation is 1. The number of carbonyl (C=O) groups is 1. The maximum atomic E-state index is 10.7. The molecule has 3 aromatic rings. The summed E-state index contributed by atoms with van der Waals surface area (Å²) in [7, 11) is 0. The normalized spacial score (nSPS) is 10.9. The number of hydrogen-bond donors (Lipinski definition) is 2. The third-order valence-electron chi connectivity index (χ3n) is 2.88. The standard InChI is InChI=1S/C13H10N2O3/c1-7-3-2-4-9-8(7)5-10(14-9)11-6-12(13(16)17)18-15-11/h2-6,14H,1H3,(H,16,17). The molecule has 3 rings (SSSR count). The van der Waals surface area contributed by atoms with Gasteiger partial charge in [-0.2, -0.15) is 0 Å². The molecule has 0 unspecified atom stereocenters. The zero-order chi connectivity index (χ0) is 12.7. The first kappa shape index (κ1) is 10.6. The van der Waals surface area contributed by atoms with Crippen molar-refractivity contribution in [3.8, 4) is 11.4 Å². The molecule has 0 radical (unpaired) electrons. The van der Waals surface area contributed by atoms with Gasteiger partial charge in [0.15, 0.2) is 0 Å². The number of aromatic amines is 1. The van der Waals surface area contributed by atoms with Crippen molar-refractivity contribution < 1.29 is 14.4 Å². The van der Waals surface area contributed by atoms with Crippen molar-refractivity contribution in [1.82, 2.24) is 10.1 Å². The Morgan fingerprint density at radius 1 is 1.39 bits per heavy atom. The first-order chi connectivity index (χ1) is 8.65. The third kappa shape index (κ3) is 1.57. The number of carboxylic acid groups (broad SMARTS) is 1. The number of nitrogens with zero attached hydrogens (tertiary/aromatic N) is 1. The van der Waals surface area contributed by atoms with Crippen molar-refractivity contribution in [3.63, 3.8) is 0 Å². The van der Waals surface area contributed by atoms with E-state index < -0.39 is 5.97 Å². The van der Waals surface area contributed by atoms with Crippen LogP contribution in [0, 0.1) is 6.92 Å². The Kier molecular flexibility index (Phi) is 2.19. The molecule has 0 saturated carbocycles. The molecule has 0 atom stereocenters. The molecule has 0 amide bonds. The average Bonchev–Trinajstić information content (AvgIpc) is 2.95. The van der Waals surface area contributed by atoms with E-state index >= 15 is 0 Å². The van der Waals surface area contributed by atoms with Crippen LogP contribution < -0.4 is 0 Å². The maximum Gasteiger partial charge on any atom is 0.374 e. The Morgan fingerprint density at radius 2 is 2.22 bits per heavy atom. The molecular weight excluding hydrogens is 232 g/mol. The minimum absolute atomic E-state index is 0.166. The van der Waals surface area contributed by atoms with Crippen LogP contribution >= 0.6 is 0 Å². The number of fused-ring (bicyclic) bond motifs is 1. The monoisotopic (exact) mass is 242 g/mol. The van der Waals surface area contributed by atoms with Crippen LogP contribution in [0.4, 0.5) is 0 Å². The van der Waals surface area contributed by atoms with Gasteiger partial charge in [-0.25, -0.2) is 4.79 Å². The van der Waals surface area contributed by atoms with E-state index in [2.05, 4.69) is 10.1 Å². The van der Waals surface area contributed by atoms with Gasteiger partial charge in [-0.05, 0) is 24.6 Å². The summed E-state index contributed by atoms with van der Waals surface area (Å²) < 4.78 is 4.74. The maximum absolute atomic E-state index is 10.7. The van der Waals surface area contributed by atoms with Gasteiger partial charge in [-0.3, -0.25) is 0 Å². The SMILES string of the molecule is Cc1cccc2[nH]c(-c3cc(C(=O)O)on3)cc12. The number of nitrogens with one attached hydrogen (secondary N) is 1. The first-order valence-electron chi connectivity index (χ1n) is 5.44. The van der Waals surface area contributed by atoms with Crippen molar-refractivity contribution in [2.45, 2.75) is 6.92 Å². The fourth-order valence-electron chi connectivity index (χ4n) is 1.95. The number of benzene rings is 1. The second kappa shape index (κ2) is 3.73. The van der Waals surface area contributed by atoms with Crippen LogP contribution in [0.15, 0.2) is 34.9 Å². The number of aromatic nitrogens is 2. The van der Waals surface area contributed by atoms with Crippen LogP contribution in [-0.4, -0.2) is 21.2 Å². The lowest BCUT2D eigenvalue weighted by atomic mass is 10.1. The van der Waals surface area contributed by atoms with Gasteiger partial charge in [0, 0.05) is 17.0 Å². The van der Waals surface area contributed by atoms with E-state index in [-0.39, 0.29) is 5.76 Å². The molecule has 0 spiro atoms. The summed E-state index contributed by atoms with van der Waals surface area (Å²) in [4.78, 5) is 13.9. The van der Waals surface area contributed by atoms with Gasteiger partial charge in [0.1, 0.15) is 5.69 Å². The molecule has 0 aliphatic heterocycles. The number of hydrogen-bond acceptors (Lipinski definition) is 3. The average molecular weight is 242 g/mol. The summed E-state index contributed by atoms with van der Waals surface area (Å²) >= 11 is 0. The largest absolute Gasteiger partial charge is 0.475 e. The summed E-state index contributed by atoms with van der Waals surface area (Å²) in [6.45, 7) is 2.02. The quantitative estimate of drug-likeness (QED) is 0.724. The molecule has 2 aromatic heterocycles. The highest BCUT2D eigenvalue weighted by molar-refractivity contribution is 5.89. The third-order valence-corrected chi connectivity index (χ3v) is 2.88. The highest BCUT2D eigenvalue weighted by Crippen LogP contribution is 2.25. The van der Waals surface area contributed by atoms with Crippen LogP contribution in [0.5, 0.6) is 0 Å². The topological polar surface area (TPSA) is 79.1 Å². The lowest BCUT2D eigenvalue weighted by molar-refractivity contribution is 0.0652. The molecular formula is C13H10N2O3. The van der Waals surface area contributed by atoms with Gasteiger partial charge < -0.3 is 14.6 Å². The van der Waals surface area contributed by atoms with Crippen LogP contribution in [0.25, 0.3) is 22.3 Å².